The summed E-state index contributed by atoms with van der Waals surface area (Å²) in [4.78, 5) is 15.1. The van der Waals surface area contributed by atoms with E-state index in [0.717, 1.165) is 0 Å². The summed E-state index contributed by atoms with van der Waals surface area (Å²) in [6.45, 7) is 0. The van der Waals surface area contributed by atoms with Crippen molar-refractivity contribution in [2.45, 2.75) is 0 Å². The Kier molecular flexibility index (Phi) is 3.84. The Bertz CT molecular complexity index is 649. The van der Waals surface area contributed by atoms with Crippen LogP contribution in [0.25, 0.3) is 0 Å². The molecule has 0 radical (unpaired) electrons. The van der Waals surface area contributed by atoms with Crippen LogP contribution in [0.5, 0.6) is 0 Å². The number of aromatic carboxylic acids is 1. The maximum Gasteiger partial charge on any atom is 0.339 e. The van der Waals surface area contributed by atoms with Crippen molar-refractivity contribution >= 4 is 45.8 Å². The second-order valence-electron chi connectivity index (χ2n) is 3.72. The van der Waals surface area contributed by atoms with Crippen molar-refractivity contribution in [3.63, 3.8) is 0 Å². The van der Waals surface area contributed by atoms with Crippen LogP contribution >= 0.6 is 22.6 Å². The molecule has 1 heterocycles. The molecule has 0 saturated heterocycles. The molecule has 1 aromatic carbocycles. The first-order chi connectivity index (χ1) is 8.97. The minimum atomic E-state index is -1.14. The molecule has 98 valence electrons. The fourth-order valence-corrected chi connectivity index (χ4v) is 2.07. The molecule has 0 unspecified atom stereocenters. The highest BCUT2D eigenvalue weighted by Crippen LogP contribution is 2.25. The number of aromatic nitrogens is 1. The minimum Gasteiger partial charge on any atom is -0.478 e. The van der Waals surface area contributed by atoms with E-state index < -0.39 is 5.97 Å². The zero-order valence-corrected chi connectivity index (χ0v) is 11.7. The van der Waals surface area contributed by atoms with E-state index in [1.54, 1.807) is 0 Å². The first kappa shape index (κ1) is 13.5. The van der Waals surface area contributed by atoms with Crippen LogP contribution in [0.3, 0.4) is 0 Å². The van der Waals surface area contributed by atoms with Crippen molar-refractivity contribution in [3.05, 3.63) is 45.4 Å². The van der Waals surface area contributed by atoms with E-state index in [4.69, 9.17) is 10.8 Å². The Morgan fingerprint density at radius 3 is 2.79 bits per heavy atom. The Balaban J connectivity index is 2.40. The Morgan fingerprint density at radius 1 is 1.42 bits per heavy atom. The molecule has 0 saturated carbocycles. The number of hydrogen-bond acceptors (Lipinski definition) is 4. The predicted molar refractivity (Wildman–Crippen MR) is 78.0 cm³/mol. The van der Waals surface area contributed by atoms with E-state index >= 15 is 0 Å². The Hall–Kier alpha value is -1.90. The molecule has 4 N–H and O–H groups in total. The number of nitrogens with one attached hydrogen (secondary N) is 1. The molecule has 0 bridgehead atoms. The Labute approximate surface area is 121 Å². The molecule has 0 amide bonds. The number of halogens is 2. The zero-order chi connectivity index (χ0) is 14.0. The van der Waals surface area contributed by atoms with Gasteiger partial charge in [0.1, 0.15) is 17.2 Å². The number of nitrogen functional groups attached to an aromatic ring is 1. The van der Waals surface area contributed by atoms with E-state index in [-0.39, 0.29) is 22.9 Å². The molecule has 2 aromatic rings. The van der Waals surface area contributed by atoms with Gasteiger partial charge >= 0.3 is 5.97 Å². The number of benzene rings is 1. The lowest BCUT2D eigenvalue weighted by Gasteiger charge is -2.10. The summed E-state index contributed by atoms with van der Waals surface area (Å²) in [5, 5.41) is 11.9. The number of nitrogens with two attached hydrogens (primary N) is 1. The van der Waals surface area contributed by atoms with E-state index in [9.17, 15) is 9.18 Å². The molecule has 0 aliphatic rings. The number of carbonyl (C=O) groups is 1. The lowest BCUT2D eigenvalue weighted by atomic mass is 10.2. The third-order valence-corrected chi connectivity index (χ3v) is 3.22. The van der Waals surface area contributed by atoms with Gasteiger partial charge < -0.3 is 16.2 Å². The standard InChI is InChI=1S/C12H9FIN3O2/c13-6-1-2-10(9(14)3-6)17-11-8(12(18)19)4-7(15)5-16-11/h1-5H,15H2,(H,16,17)(H,18,19). The van der Waals surface area contributed by atoms with Gasteiger partial charge in [-0.25, -0.2) is 14.2 Å². The lowest BCUT2D eigenvalue weighted by molar-refractivity contribution is 0.0697. The van der Waals surface area contributed by atoms with Gasteiger partial charge in [-0.15, -0.1) is 0 Å². The van der Waals surface area contributed by atoms with Crippen molar-refractivity contribution < 1.29 is 14.3 Å². The van der Waals surface area contributed by atoms with Crippen LogP contribution in [0, 0.1) is 9.39 Å². The molecule has 0 aliphatic heterocycles. The van der Waals surface area contributed by atoms with Crippen molar-refractivity contribution in [3.8, 4) is 0 Å². The largest absolute Gasteiger partial charge is 0.478 e. The number of hydrogen-bond donors (Lipinski definition) is 3. The van der Waals surface area contributed by atoms with Gasteiger partial charge in [0.15, 0.2) is 0 Å². The van der Waals surface area contributed by atoms with E-state index in [1.165, 1.54) is 30.5 Å². The molecule has 0 atom stereocenters. The van der Waals surface area contributed by atoms with Crippen LogP contribution in [0.15, 0.2) is 30.5 Å². The highest BCUT2D eigenvalue weighted by atomic mass is 127. The summed E-state index contributed by atoms with van der Waals surface area (Å²) in [6.07, 6.45) is 1.35. The van der Waals surface area contributed by atoms with Gasteiger partial charge in [-0.3, -0.25) is 0 Å². The average molecular weight is 373 g/mol. The molecular weight excluding hydrogens is 364 g/mol. The van der Waals surface area contributed by atoms with Gasteiger partial charge in [-0.05, 0) is 46.9 Å². The van der Waals surface area contributed by atoms with Crippen LogP contribution in [-0.2, 0) is 0 Å². The van der Waals surface area contributed by atoms with Gasteiger partial charge in [-0.1, -0.05) is 0 Å². The molecule has 1 aromatic heterocycles. The summed E-state index contributed by atoms with van der Waals surface area (Å²) in [5.74, 6) is -1.34. The summed E-state index contributed by atoms with van der Waals surface area (Å²) >= 11 is 1.95. The van der Waals surface area contributed by atoms with Gasteiger partial charge in [-0.2, -0.15) is 0 Å². The van der Waals surface area contributed by atoms with E-state index in [2.05, 4.69) is 10.3 Å². The predicted octanol–water partition coefficient (Wildman–Crippen LogP) is 2.85. The third-order valence-electron chi connectivity index (χ3n) is 2.32. The van der Waals surface area contributed by atoms with Crippen molar-refractivity contribution in [2.24, 2.45) is 0 Å². The van der Waals surface area contributed by atoms with Crippen LogP contribution in [0.1, 0.15) is 10.4 Å². The van der Waals surface area contributed by atoms with Crippen molar-refractivity contribution in [1.82, 2.24) is 4.98 Å². The number of carboxylic acid groups (broad SMARTS) is 1. The lowest BCUT2D eigenvalue weighted by Crippen LogP contribution is -2.06. The Morgan fingerprint density at radius 2 is 2.16 bits per heavy atom. The number of anilines is 3. The van der Waals surface area contributed by atoms with Gasteiger partial charge in [0, 0.05) is 3.57 Å². The van der Waals surface area contributed by atoms with Gasteiger partial charge in [0.25, 0.3) is 0 Å². The zero-order valence-electron chi connectivity index (χ0n) is 9.52. The fourth-order valence-electron chi connectivity index (χ4n) is 1.46. The van der Waals surface area contributed by atoms with E-state index in [0.29, 0.717) is 9.26 Å². The summed E-state index contributed by atoms with van der Waals surface area (Å²) in [5.41, 5.74) is 6.29. The highest BCUT2D eigenvalue weighted by Gasteiger charge is 2.13. The maximum absolute atomic E-state index is 13.0. The molecular formula is C12H9FIN3O2. The first-order valence-electron chi connectivity index (χ1n) is 5.18. The van der Waals surface area contributed by atoms with Crippen molar-refractivity contribution in [1.29, 1.82) is 0 Å². The SMILES string of the molecule is Nc1cnc(Nc2ccc(F)cc2I)c(C(=O)O)c1. The molecule has 0 fully saturated rings. The molecule has 5 nitrogen and oxygen atoms in total. The second-order valence-corrected chi connectivity index (χ2v) is 4.88. The first-order valence-corrected chi connectivity index (χ1v) is 6.26. The summed E-state index contributed by atoms with van der Waals surface area (Å²) < 4.78 is 13.6. The number of carboxylic acids is 1. The van der Waals surface area contributed by atoms with Crippen molar-refractivity contribution in [2.75, 3.05) is 11.1 Å². The topological polar surface area (TPSA) is 88.2 Å². The third kappa shape index (κ3) is 3.11. The second kappa shape index (κ2) is 5.39. The molecule has 7 heteroatoms. The minimum absolute atomic E-state index is 0.0416. The van der Waals surface area contributed by atoms with Gasteiger partial charge in [0.05, 0.1) is 17.6 Å². The average Bonchev–Trinajstić information content (AvgIpc) is 2.34. The highest BCUT2D eigenvalue weighted by molar-refractivity contribution is 14.1. The summed E-state index contributed by atoms with van der Waals surface area (Å²) in [7, 11) is 0. The van der Waals surface area contributed by atoms with Gasteiger partial charge in [0.2, 0.25) is 0 Å². The molecule has 0 spiro atoms. The molecule has 19 heavy (non-hydrogen) atoms. The summed E-state index contributed by atoms with van der Waals surface area (Å²) in [6, 6.07) is 5.44. The molecule has 2 rings (SSSR count). The normalized spacial score (nSPS) is 10.2. The molecule has 0 aliphatic carbocycles. The fraction of sp³-hybridized carbons (Fsp3) is 0. The van der Waals surface area contributed by atoms with E-state index in [1.807, 2.05) is 22.6 Å². The van der Waals surface area contributed by atoms with Crippen LogP contribution in [0.4, 0.5) is 21.6 Å². The maximum atomic E-state index is 13.0. The smallest absolute Gasteiger partial charge is 0.339 e. The van der Waals surface area contributed by atoms with Crippen LogP contribution in [0.2, 0.25) is 0 Å². The number of rotatable bonds is 3. The monoisotopic (exact) mass is 373 g/mol. The quantitative estimate of drug-likeness (QED) is 0.721. The number of nitrogens with zero attached hydrogens (tertiary/aromatic N) is 1. The van der Waals surface area contributed by atoms with Crippen LogP contribution < -0.4 is 11.1 Å². The number of pyridine rings is 1. The van der Waals surface area contributed by atoms with Crippen LogP contribution in [-0.4, -0.2) is 16.1 Å².